The summed E-state index contributed by atoms with van der Waals surface area (Å²) in [6, 6.07) is 6.93. The third-order valence-corrected chi connectivity index (χ3v) is 4.78. The van der Waals surface area contributed by atoms with Crippen LogP contribution in [0.15, 0.2) is 47.6 Å². The normalized spacial score (nSPS) is 13.3. The van der Waals surface area contributed by atoms with Gasteiger partial charge in [-0.15, -0.1) is 0 Å². The molecule has 1 unspecified atom stereocenters. The lowest BCUT2D eigenvalue weighted by atomic mass is 9.98. The van der Waals surface area contributed by atoms with Crippen LogP contribution in [0.5, 0.6) is 5.88 Å². The number of carbonyl (C=O) groups is 1. The Morgan fingerprint density at radius 3 is 2.47 bits per heavy atom. The number of hydrogen-bond donors (Lipinski definition) is 0. The van der Waals surface area contributed by atoms with E-state index >= 15 is 0 Å². The van der Waals surface area contributed by atoms with Crippen LogP contribution in [0.25, 0.3) is 5.57 Å². The molecule has 0 aliphatic rings. The number of likely N-dealkylation sites (N-methyl/N-ethyl adjacent to an activating group) is 1. The van der Waals surface area contributed by atoms with Gasteiger partial charge in [0.15, 0.2) is 5.82 Å². The summed E-state index contributed by atoms with van der Waals surface area (Å²) in [6.45, 7) is 5.53. The number of halogens is 4. The number of aromatic nitrogens is 1. The molecule has 172 valence electrons. The first-order chi connectivity index (χ1) is 15.1. The van der Waals surface area contributed by atoms with Gasteiger partial charge in [-0.25, -0.2) is 9.37 Å². The summed E-state index contributed by atoms with van der Waals surface area (Å²) in [5.74, 6) is -2.03. The Balaban J connectivity index is 2.21. The van der Waals surface area contributed by atoms with E-state index in [-0.39, 0.29) is 12.5 Å². The highest BCUT2D eigenvalue weighted by molar-refractivity contribution is 6.14. The minimum atomic E-state index is -4.70. The minimum Gasteiger partial charge on any atom is -0.473 e. The van der Waals surface area contributed by atoms with Crippen LogP contribution < -0.4 is 4.74 Å². The van der Waals surface area contributed by atoms with E-state index < -0.39 is 29.5 Å². The molecule has 1 aromatic carbocycles. The first-order valence-electron chi connectivity index (χ1n) is 9.98. The van der Waals surface area contributed by atoms with Gasteiger partial charge in [0.2, 0.25) is 5.88 Å². The molecule has 1 aromatic heterocycles. The van der Waals surface area contributed by atoms with Crippen molar-refractivity contribution in [2.24, 2.45) is 4.99 Å². The molecule has 0 saturated heterocycles. The molecule has 0 fully saturated rings. The zero-order valence-corrected chi connectivity index (χ0v) is 18.3. The molecule has 9 heteroatoms. The van der Waals surface area contributed by atoms with Crippen LogP contribution in [-0.4, -0.2) is 48.2 Å². The minimum absolute atomic E-state index is 0.149. The van der Waals surface area contributed by atoms with Gasteiger partial charge in [-0.05, 0) is 44.0 Å². The van der Waals surface area contributed by atoms with E-state index in [4.69, 9.17) is 4.74 Å². The Kier molecular flexibility index (Phi) is 8.51. The Hall–Kier alpha value is -3.23. The van der Waals surface area contributed by atoms with E-state index in [2.05, 4.69) is 9.98 Å². The molecular formula is C23H25F4N3O2. The largest absolute Gasteiger partial charge is 0.473 e. The number of carbonyl (C=O) groups excluding carboxylic acids is 1. The molecule has 0 spiro atoms. The molecule has 0 bridgehead atoms. The number of aliphatic imine (C=N–C) groups is 1. The van der Waals surface area contributed by atoms with Gasteiger partial charge in [0, 0.05) is 31.6 Å². The van der Waals surface area contributed by atoms with Gasteiger partial charge >= 0.3 is 6.18 Å². The van der Waals surface area contributed by atoms with Gasteiger partial charge in [0.25, 0.3) is 5.91 Å². The lowest BCUT2D eigenvalue weighted by Crippen LogP contribution is -2.42. The summed E-state index contributed by atoms with van der Waals surface area (Å²) in [4.78, 5) is 22.3. The van der Waals surface area contributed by atoms with Crippen molar-refractivity contribution in [1.29, 1.82) is 0 Å². The highest BCUT2D eigenvalue weighted by Crippen LogP contribution is 2.30. The highest BCUT2D eigenvalue weighted by Gasteiger charge is 2.32. The summed E-state index contributed by atoms with van der Waals surface area (Å²) >= 11 is 0. The number of pyridine rings is 1. The van der Waals surface area contributed by atoms with Crippen LogP contribution in [0.4, 0.5) is 17.6 Å². The van der Waals surface area contributed by atoms with Gasteiger partial charge < -0.3 is 9.64 Å². The molecule has 0 saturated carbocycles. The maximum absolute atomic E-state index is 14.0. The molecular weight excluding hydrogens is 426 g/mol. The number of allylic oxidation sites excluding steroid dienone is 2. The second-order valence-electron chi connectivity index (χ2n) is 6.94. The van der Waals surface area contributed by atoms with Crippen LogP contribution in [0.2, 0.25) is 0 Å². The molecule has 0 N–H and O–H groups in total. The fourth-order valence-electron chi connectivity index (χ4n) is 3.15. The molecule has 1 amide bonds. The Bertz CT molecular complexity index is 1000. The fraction of sp³-hybridized carbons (Fsp3) is 0.348. The van der Waals surface area contributed by atoms with Crippen LogP contribution in [0.1, 0.15) is 42.3 Å². The molecule has 0 radical (unpaired) electrons. The average Bonchev–Trinajstić information content (AvgIpc) is 2.76. The van der Waals surface area contributed by atoms with Crippen molar-refractivity contribution < 1.29 is 27.1 Å². The molecule has 1 heterocycles. The first kappa shape index (κ1) is 25.0. The fourth-order valence-corrected chi connectivity index (χ4v) is 3.15. The second-order valence-corrected chi connectivity index (χ2v) is 6.94. The van der Waals surface area contributed by atoms with Crippen molar-refractivity contribution in [3.05, 3.63) is 65.1 Å². The smallest absolute Gasteiger partial charge is 0.417 e. The van der Waals surface area contributed by atoms with Gasteiger partial charge in [-0.3, -0.25) is 9.79 Å². The number of alkyl halides is 3. The lowest BCUT2D eigenvalue weighted by molar-refractivity contribution is -0.138. The van der Waals surface area contributed by atoms with E-state index in [1.807, 2.05) is 25.1 Å². The first-order valence-corrected chi connectivity index (χ1v) is 9.98. The lowest BCUT2D eigenvalue weighted by Gasteiger charge is -2.29. The SMILES string of the molecule is C/C=C(\C=NC)c1ccccc1C(=O)N(CC)C(C)COc1ncc(C(F)(F)F)cc1F. The Morgan fingerprint density at radius 2 is 1.94 bits per heavy atom. The summed E-state index contributed by atoms with van der Waals surface area (Å²) in [6.07, 6.45) is -0.683. The van der Waals surface area contributed by atoms with Crippen molar-refractivity contribution >= 4 is 17.7 Å². The van der Waals surface area contributed by atoms with E-state index in [1.54, 1.807) is 39.2 Å². The number of nitrogens with zero attached hydrogens (tertiary/aromatic N) is 3. The summed E-state index contributed by atoms with van der Waals surface area (Å²) in [5, 5.41) is 0. The number of hydrogen-bond acceptors (Lipinski definition) is 4. The molecule has 1 atom stereocenters. The number of rotatable bonds is 8. The third-order valence-electron chi connectivity index (χ3n) is 4.78. The molecule has 32 heavy (non-hydrogen) atoms. The Labute approximate surface area is 184 Å². The summed E-state index contributed by atoms with van der Waals surface area (Å²) in [7, 11) is 1.64. The zero-order valence-electron chi connectivity index (χ0n) is 18.3. The topological polar surface area (TPSA) is 54.8 Å². The predicted molar refractivity (Wildman–Crippen MR) is 115 cm³/mol. The highest BCUT2D eigenvalue weighted by atomic mass is 19.4. The van der Waals surface area contributed by atoms with Crippen molar-refractivity contribution in [3.8, 4) is 5.88 Å². The maximum atomic E-state index is 14.0. The summed E-state index contributed by atoms with van der Waals surface area (Å²) < 4.78 is 57.3. The van der Waals surface area contributed by atoms with Gasteiger partial charge in [-0.2, -0.15) is 13.2 Å². The quantitative estimate of drug-likeness (QED) is 0.406. The average molecular weight is 451 g/mol. The van der Waals surface area contributed by atoms with Crippen LogP contribution in [0.3, 0.4) is 0 Å². The third kappa shape index (κ3) is 5.93. The van der Waals surface area contributed by atoms with Crippen LogP contribution >= 0.6 is 0 Å². The molecule has 0 aliphatic carbocycles. The monoisotopic (exact) mass is 451 g/mol. The number of amides is 1. The van der Waals surface area contributed by atoms with E-state index in [0.29, 0.717) is 29.9 Å². The van der Waals surface area contributed by atoms with Crippen molar-refractivity contribution in [2.45, 2.75) is 33.0 Å². The van der Waals surface area contributed by atoms with Crippen LogP contribution in [-0.2, 0) is 6.18 Å². The van der Waals surface area contributed by atoms with Crippen molar-refractivity contribution in [3.63, 3.8) is 0 Å². The zero-order chi connectivity index (χ0) is 23.9. The van der Waals surface area contributed by atoms with E-state index in [0.717, 1.165) is 5.57 Å². The maximum Gasteiger partial charge on any atom is 0.417 e. The van der Waals surface area contributed by atoms with Gasteiger partial charge in [-0.1, -0.05) is 24.3 Å². The molecule has 0 aliphatic heterocycles. The Morgan fingerprint density at radius 1 is 1.28 bits per heavy atom. The molecule has 5 nitrogen and oxygen atoms in total. The molecule has 2 aromatic rings. The molecule has 2 rings (SSSR count). The van der Waals surface area contributed by atoms with Crippen molar-refractivity contribution in [2.75, 3.05) is 20.2 Å². The summed E-state index contributed by atoms with van der Waals surface area (Å²) in [5.41, 5.74) is 0.765. The standard InChI is InChI=1S/C23H25F4N3O2/c1-5-16(12-28-4)18-9-7-8-10-19(18)22(31)30(6-2)15(3)14-32-21-20(24)11-17(13-29-21)23(25,26)27/h5,7-13,15H,6,14H2,1-4H3/b16-5+,28-12?. The van der Waals surface area contributed by atoms with E-state index in [1.165, 1.54) is 4.90 Å². The van der Waals surface area contributed by atoms with Gasteiger partial charge in [0.1, 0.15) is 6.61 Å². The predicted octanol–water partition coefficient (Wildman–Crippen LogP) is 5.27. The number of ether oxygens (including phenoxy) is 1. The van der Waals surface area contributed by atoms with Crippen molar-refractivity contribution in [1.82, 2.24) is 9.88 Å². The number of benzene rings is 1. The second kappa shape index (κ2) is 10.9. The van der Waals surface area contributed by atoms with Gasteiger partial charge in [0.05, 0.1) is 11.6 Å². The van der Waals surface area contributed by atoms with E-state index in [9.17, 15) is 22.4 Å². The van der Waals surface area contributed by atoms with Crippen LogP contribution in [0, 0.1) is 5.82 Å².